The average molecular weight is 565 g/mol. The van der Waals surface area contributed by atoms with E-state index in [4.69, 9.17) is 0 Å². The van der Waals surface area contributed by atoms with Crippen LogP contribution in [0.1, 0.15) is 86.5 Å². The molecule has 0 unspecified atom stereocenters. The molecule has 1 aliphatic rings. The molecule has 0 bridgehead atoms. The molecule has 4 heteroatoms. The summed E-state index contributed by atoms with van der Waals surface area (Å²) in [5, 5.41) is 39.8. The van der Waals surface area contributed by atoms with E-state index in [9.17, 15) is 20.4 Å². The van der Waals surface area contributed by atoms with Gasteiger partial charge in [-0.3, -0.25) is 0 Å². The van der Waals surface area contributed by atoms with Crippen LogP contribution in [0, 0.1) is 5.41 Å². The van der Waals surface area contributed by atoms with Crippen LogP contribution in [0.3, 0.4) is 0 Å². The predicted octanol–water partition coefficient (Wildman–Crippen LogP) is 9.18. The smallest absolute Gasteiger partial charge is 0.115 e. The number of unbranched alkanes of at least 4 members (excludes halogenated alkanes) is 2. The van der Waals surface area contributed by atoms with E-state index in [0.29, 0.717) is 11.5 Å². The van der Waals surface area contributed by atoms with E-state index < -0.39 is 0 Å². The Morgan fingerprint density at radius 3 is 1.19 bits per heavy atom. The van der Waals surface area contributed by atoms with E-state index >= 15 is 0 Å². The van der Waals surface area contributed by atoms with Gasteiger partial charge in [-0.15, -0.1) is 0 Å². The second-order valence-corrected chi connectivity index (χ2v) is 12.2. The Morgan fingerprint density at radius 2 is 0.786 bits per heavy atom. The van der Waals surface area contributed by atoms with E-state index in [1.165, 1.54) is 28.7 Å². The van der Waals surface area contributed by atoms with Crippen LogP contribution >= 0.6 is 0 Å². The van der Waals surface area contributed by atoms with Crippen LogP contribution in [0.25, 0.3) is 0 Å². The van der Waals surface area contributed by atoms with Crippen LogP contribution in [0.4, 0.5) is 0 Å². The maximum atomic E-state index is 10.2. The lowest BCUT2D eigenvalue weighted by molar-refractivity contribution is 0.0568. The summed E-state index contributed by atoms with van der Waals surface area (Å²) in [5.74, 6) is 1.17. The fourth-order valence-corrected chi connectivity index (χ4v) is 7.60. The molecule has 4 aromatic carbocycles. The summed E-state index contributed by atoms with van der Waals surface area (Å²) in [6.07, 6.45) is 13.1. The Kier molecular flexibility index (Phi) is 9.41. The Labute approximate surface area is 250 Å². The van der Waals surface area contributed by atoms with Crippen molar-refractivity contribution in [3.63, 3.8) is 0 Å². The lowest BCUT2D eigenvalue weighted by Crippen LogP contribution is -2.49. The van der Waals surface area contributed by atoms with E-state index in [1.54, 1.807) is 24.3 Å². The predicted molar refractivity (Wildman–Crippen MR) is 169 cm³/mol. The van der Waals surface area contributed by atoms with Gasteiger partial charge in [-0.25, -0.2) is 0 Å². The summed E-state index contributed by atoms with van der Waals surface area (Å²) in [6.45, 7) is 0. The number of hydrogen-bond donors (Lipinski definition) is 4. The molecule has 220 valence electrons. The largest absolute Gasteiger partial charge is 0.508 e. The minimum absolute atomic E-state index is 0.0309. The third-order valence-corrected chi connectivity index (χ3v) is 9.70. The summed E-state index contributed by atoms with van der Waals surface area (Å²) in [6, 6.07) is 30.9. The van der Waals surface area contributed by atoms with Crippen molar-refractivity contribution in [1.29, 1.82) is 0 Å². The van der Waals surface area contributed by atoms with Crippen LogP contribution in [0.5, 0.6) is 23.0 Å². The standard InChI is InChI=1S/C38H44O4/c39-33-17-9-29(10-18-33)7-1-3-25-37(26-4-2-8-30-11-19-34(40)20-12-30)27-5-6-28-38(37,31-13-21-35(41)22-14-31)32-15-23-36(42)24-16-32/h9-24,39-42H,1-8,25-28H2. The molecule has 0 atom stereocenters. The molecule has 0 heterocycles. The zero-order valence-electron chi connectivity index (χ0n) is 24.5. The Bertz CT molecular complexity index is 1290. The monoisotopic (exact) mass is 564 g/mol. The molecular weight excluding hydrogens is 520 g/mol. The molecule has 0 radical (unpaired) electrons. The number of aryl methyl sites for hydroxylation is 2. The molecule has 0 spiro atoms. The minimum Gasteiger partial charge on any atom is -0.508 e. The van der Waals surface area contributed by atoms with Gasteiger partial charge in [0.05, 0.1) is 0 Å². The van der Waals surface area contributed by atoms with Crippen LogP contribution < -0.4 is 0 Å². The van der Waals surface area contributed by atoms with Crippen molar-refractivity contribution >= 4 is 0 Å². The molecule has 42 heavy (non-hydrogen) atoms. The molecule has 4 aromatic rings. The topological polar surface area (TPSA) is 80.9 Å². The van der Waals surface area contributed by atoms with Gasteiger partial charge in [-0.1, -0.05) is 74.2 Å². The normalized spacial score (nSPS) is 15.8. The van der Waals surface area contributed by atoms with Gasteiger partial charge in [-0.2, -0.15) is 0 Å². The number of hydrogen-bond acceptors (Lipinski definition) is 4. The van der Waals surface area contributed by atoms with Gasteiger partial charge in [0.25, 0.3) is 0 Å². The zero-order valence-corrected chi connectivity index (χ0v) is 24.5. The molecule has 0 amide bonds. The average Bonchev–Trinajstić information content (AvgIpc) is 3.00. The van der Waals surface area contributed by atoms with Gasteiger partial charge in [0.15, 0.2) is 0 Å². The van der Waals surface area contributed by atoms with Gasteiger partial charge < -0.3 is 20.4 Å². The summed E-state index contributed by atoms with van der Waals surface area (Å²) in [7, 11) is 0. The molecule has 1 aliphatic carbocycles. The maximum absolute atomic E-state index is 10.2. The van der Waals surface area contributed by atoms with Crippen LogP contribution in [-0.4, -0.2) is 20.4 Å². The molecule has 4 N–H and O–H groups in total. The lowest BCUT2D eigenvalue weighted by Gasteiger charge is -2.56. The molecular formula is C38H44O4. The first-order valence-electron chi connectivity index (χ1n) is 15.6. The molecule has 0 aliphatic heterocycles. The van der Waals surface area contributed by atoms with Gasteiger partial charge >= 0.3 is 0 Å². The Balaban J connectivity index is 1.46. The zero-order chi connectivity index (χ0) is 29.4. The Morgan fingerprint density at radius 1 is 0.429 bits per heavy atom. The molecule has 5 rings (SSSR count). The van der Waals surface area contributed by atoms with Gasteiger partial charge in [-0.05, 0) is 128 Å². The van der Waals surface area contributed by atoms with Gasteiger partial charge in [0.1, 0.15) is 23.0 Å². The number of rotatable bonds is 12. The van der Waals surface area contributed by atoms with Crippen LogP contribution in [-0.2, 0) is 18.3 Å². The number of benzene rings is 4. The third kappa shape index (κ3) is 6.59. The van der Waals surface area contributed by atoms with Crippen molar-refractivity contribution in [2.24, 2.45) is 5.41 Å². The second kappa shape index (κ2) is 13.4. The van der Waals surface area contributed by atoms with E-state index in [1.807, 2.05) is 48.5 Å². The quantitative estimate of drug-likeness (QED) is 0.129. The SMILES string of the molecule is Oc1ccc(CCCCC2(CCCCc3ccc(O)cc3)CCCCC2(c2ccc(O)cc2)c2ccc(O)cc2)cc1. The summed E-state index contributed by atoms with van der Waals surface area (Å²) >= 11 is 0. The van der Waals surface area contributed by atoms with Crippen molar-refractivity contribution in [3.8, 4) is 23.0 Å². The number of phenols is 4. The fourth-order valence-electron chi connectivity index (χ4n) is 7.60. The van der Waals surface area contributed by atoms with Crippen LogP contribution in [0.15, 0.2) is 97.1 Å². The van der Waals surface area contributed by atoms with Crippen molar-refractivity contribution in [2.75, 3.05) is 0 Å². The highest BCUT2D eigenvalue weighted by Gasteiger charge is 2.53. The molecule has 0 aromatic heterocycles. The minimum atomic E-state index is -0.219. The first-order valence-corrected chi connectivity index (χ1v) is 15.6. The van der Waals surface area contributed by atoms with Crippen molar-refractivity contribution in [3.05, 3.63) is 119 Å². The van der Waals surface area contributed by atoms with E-state index in [2.05, 4.69) is 24.3 Å². The van der Waals surface area contributed by atoms with E-state index in [-0.39, 0.29) is 22.3 Å². The summed E-state index contributed by atoms with van der Waals surface area (Å²) < 4.78 is 0. The summed E-state index contributed by atoms with van der Waals surface area (Å²) in [5.41, 5.74) is 4.82. The number of aromatic hydroxyl groups is 4. The summed E-state index contributed by atoms with van der Waals surface area (Å²) in [4.78, 5) is 0. The Hall–Kier alpha value is -3.92. The highest BCUT2D eigenvalue weighted by atomic mass is 16.3. The first-order chi connectivity index (χ1) is 20.4. The lowest BCUT2D eigenvalue weighted by atomic mass is 9.48. The van der Waals surface area contributed by atoms with Gasteiger partial charge in [0, 0.05) is 5.41 Å². The van der Waals surface area contributed by atoms with E-state index in [0.717, 1.165) is 70.6 Å². The fraction of sp³-hybridized carbons (Fsp3) is 0.368. The molecule has 0 saturated heterocycles. The van der Waals surface area contributed by atoms with Crippen molar-refractivity contribution in [1.82, 2.24) is 0 Å². The van der Waals surface area contributed by atoms with Gasteiger partial charge in [0.2, 0.25) is 0 Å². The van der Waals surface area contributed by atoms with Crippen LogP contribution in [0.2, 0.25) is 0 Å². The second-order valence-electron chi connectivity index (χ2n) is 12.2. The highest BCUT2D eigenvalue weighted by molar-refractivity contribution is 5.46. The third-order valence-electron chi connectivity index (χ3n) is 9.70. The molecule has 1 fully saturated rings. The van der Waals surface area contributed by atoms with Crippen molar-refractivity contribution < 1.29 is 20.4 Å². The highest BCUT2D eigenvalue weighted by Crippen LogP contribution is 2.61. The molecule has 4 nitrogen and oxygen atoms in total. The number of phenolic OH excluding ortho intramolecular Hbond substituents is 4. The first kappa shape index (κ1) is 29.6. The molecule has 1 saturated carbocycles. The van der Waals surface area contributed by atoms with Crippen molar-refractivity contribution in [2.45, 2.75) is 82.5 Å². The maximum Gasteiger partial charge on any atom is 0.115 e.